The second kappa shape index (κ2) is 4.58. The van der Waals surface area contributed by atoms with Gasteiger partial charge in [-0.05, 0) is 45.9 Å². The summed E-state index contributed by atoms with van der Waals surface area (Å²) in [6.07, 6.45) is 3.23. The van der Waals surface area contributed by atoms with Gasteiger partial charge in [0.25, 0.3) is 0 Å². The SMILES string of the molecule is Nc1ccc(Sc2ncn[nH]2)c2ncc(Br)cc12. The van der Waals surface area contributed by atoms with E-state index >= 15 is 0 Å². The lowest BCUT2D eigenvalue weighted by molar-refractivity contribution is 0.973. The molecule has 2 aromatic heterocycles. The van der Waals surface area contributed by atoms with E-state index in [1.807, 2.05) is 18.2 Å². The number of hydrogen-bond donors (Lipinski definition) is 2. The first-order valence-corrected chi connectivity index (χ1v) is 6.72. The molecule has 0 saturated heterocycles. The zero-order chi connectivity index (χ0) is 12.5. The molecule has 2 heterocycles. The molecule has 18 heavy (non-hydrogen) atoms. The van der Waals surface area contributed by atoms with Gasteiger partial charge in [0.15, 0.2) is 5.16 Å². The van der Waals surface area contributed by atoms with Crippen LogP contribution in [0.25, 0.3) is 10.9 Å². The minimum atomic E-state index is 0.709. The van der Waals surface area contributed by atoms with E-state index in [1.54, 1.807) is 6.20 Å². The molecule has 0 aliphatic rings. The van der Waals surface area contributed by atoms with Crippen LogP contribution >= 0.6 is 27.7 Å². The highest BCUT2D eigenvalue weighted by atomic mass is 79.9. The van der Waals surface area contributed by atoms with Gasteiger partial charge in [0, 0.05) is 26.6 Å². The van der Waals surface area contributed by atoms with E-state index in [1.165, 1.54) is 18.1 Å². The Hall–Kier alpha value is -1.60. The summed E-state index contributed by atoms with van der Waals surface area (Å²) in [5.74, 6) is 0. The summed E-state index contributed by atoms with van der Waals surface area (Å²) in [7, 11) is 0. The second-order valence-corrected chi connectivity index (χ2v) is 5.54. The molecule has 3 N–H and O–H groups in total. The van der Waals surface area contributed by atoms with Gasteiger partial charge in [-0.25, -0.2) is 4.98 Å². The Morgan fingerprint density at radius 3 is 2.94 bits per heavy atom. The normalized spacial score (nSPS) is 10.9. The molecule has 0 aliphatic carbocycles. The van der Waals surface area contributed by atoms with Crippen LogP contribution in [0, 0.1) is 0 Å². The van der Waals surface area contributed by atoms with E-state index < -0.39 is 0 Å². The summed E-state index contributed by atoms with van der Waals surface area (Å²) in [5.41, 5.74) is 7.53. The van der Waals surface area contributed by atoms with Crippen LogP contribution in [-0.4, -0.2) is 20.2 Å². The second-order valence-electron chi connectivity index (χ2n) is 3.60. The van der Waals surface area contributed by atoms with Crippen molar-refractivity contribution in [2.75, 3.05) is 5.73 Å². The first kappa shape index (κ1) is 11.5. The molecule has 7 heteroatoms. The number of H-pyrrole nitrogens is 1. The zero-order valence-electron chi connectivity index (χ0n) is 9.09. The zero-order valence-corrected chi connectivity index (χ0v) is 11.5. The average molecular weight is 322 g/mol. The maximum atomic E-state index is 5.96. The number of nitrogens with one attached hydrogen (secondary N) is 1. The fraction of sp³-hybridized carbons (Fsp3) is 0. The number of nitrogens with two attached hydrogens (primary N) is 1. The number of hydrogen-bond acceptors (Lipinski definition) is 5. The number of aromatic nitrogens is 4. The van der Waals surface area contributed by atoms with Gasteiger partial charge in [0.1, 0.15) is 6.33 Å². The molecule has 5 nitrogen and oxygen atoms in total. The lowest BCUT2D eigenvalue weighted by Crippen LogP contribution is -1.91. The van der Waals surface area contributed by atoms with Crippen LogP contribution in [-0.2, 0) is 0 Å². The molecule has 0 fully saturated rings. The Balaban J connectivity index is 2.15. The molecule has 0 bridgehead atoms. The molecule has 0 amide bonds. The number of nitrogen functional groups attached to an aromatic ring is 1. The van der Waals surface area contributed by atoms with E-state index in [2.05, 4.69) is 36.1 Å². The van der Waals surface area contributed by atoms with Crippen LogP contribution in [0.1, 0.15) is 0 Å². The Bertz CT molecular complexity index is 698. The van der Waals surface area contributed by atoms with Crippen molar-refractivity contribution in [3.8, 4) is 0 Å². The fourth-order valence-corrected chi connectivity index (χ4v) is 2.75. The number of nitrogens with zero attached hydrogens (tertiary/aromatic N) is 3. The van der Waals surface area contributed by atoms with Crippen LogP contribution in [0.4, 0.5) is 5.69 Å². The lowest BCUT2D eigenvalue weighted by atomic mass is 10.2. The molecule has 3 rings (SSSR count). The maximum absolute atomic E-state index is 5.96. The highest BCUT2D eigenvalue weighted by molar-refractivity contribution is 9.10. The molecule has 0 atom stereocenters. The molecule has 0 saturated carbocycles. The van der Waals surface area contributed by atoms with E-state index in [9.17, 15) is 0 Å². The number of benzene rings is 1. The number of aromatic amines is 1. The van der Waals surface area contributed by atoms with Gasteiger partial charge in [-0.1, -0.05) is 0 Å². The molecular weight excluding hydrogens is 314 g/mol. The third kappa shape index (κ3) is 2.06. The Morgan fingerprint density at radius 2 is 2.17 bits per heavy atom. The molecular formula is C11H8BrN5S. The minimum absolute atomic E-state index is 0.709. The number of pyridine rings is 1. The fourth-order valence-electron chi connectivity index (χ4n) is 1.62. The molecule has 3 aromatic rings. The van der Waals surface area contributed by atoms with Gasteiger partial charge in [-0.15, -0.1) is 0 Å². The van der Waals surface area contributed by atoms with E-state index in [-0.39, 0.29) is 0 Å². The standard InChI is InChI=1S/C11H8BrN5S/c12-6-3-7-8(13)1-2-9(10(7)14-4-6)18-11-15-5-16-17-11/h1-5H,13H2,(H,15,16,17). The van der Waals surface area contributed by atoms with Crippen LogP contribution in [0.5, 0.6) is 0 Å². The quantitative estimate of drug-likeness (QED) is 0.709. The summed E-state index contributed by atoms with van der Waals surface area (Å²) < 4.78 is 0.906. The van der Waals surface area contributed by atoms with Crippen LogP contribution in [0.3, 0.4) is 0 Å². The van der Waals surface area contributed by atoms with Gasteiger partial charge < -0.3 is 5.73 Å². The number of halogens is 1. The van der Waals surface area contributed by atoms with Crippen molar-refractivity contribution in [1.82, 2.24) is 20.2 Å². The first-order chi connectivity index (χ1) is 8.74. The van der Waals surface area contributed by atoms with Crippen molar-refractivity contribution in [1.29, 1.82) is 0 Å². The maximum Gasteiger partial charge on any atom is 0.188 e. The average Bonchev–Trinajstić information content (AvgIpc) is 2.86. The van der Waals surface area contributed by atoms with Crippen molar-refractivity contribution in [2.45, 2.75) is 10.1 Å². The summed E-state index contributed by atoms with van der Waals surface area (Å²) in [4.78, 5) is 9.49. The van der Waals surface area contributed by atoms with Gasteiger partial charge in [0.05, 0.1) is 5.52 Å². The van der Waals surface area contributed by atoms with Crippen LogP contribution in [0.2, 0.25) is 0 Å². The molecule has 90 valence electrons. The molecule has 0 unspecified atom stereocenters. The molecule has 0 aliphatic heterocycles. The van der Waals surface area contributed by atoms with Crippen molar-refractivity contribution in [2.24, 2.45) is 0 Å². The van der Waals surface area contributed by atoms with Gasteiger partial charge in [-0.2, -0.15) is 5.10 Å². The van der Waals surface area contributed by atoms with Crippen molar-refractivity contribution < 1.29 is 0 Å². The largest absolute Gasteiger partial charge is 0.398 e. The smallest absolute Gasteiger partial charge is 0.188 e. The number of anilines is 1. The van der Waals surface area contributed by atoms with Crippen molar-refractivity contribution >= 4 is 44.3 Å². The van der Waals surface area contributed by atoms with Crippen LogP contribution < -0.4 is 5.73 Å². The Morgan fingerprint density at radius 1 is 1.28 bits per heavy atom. The van der Waals surface area contributed by atoms with Crippen LogP contribution in [0.15, 0.2) is 45.2 Å². The molecule has 1 aromatic carbocycles. The highest BCUT2D eigenvalue weighted by Crippen LogP contribution is 2.33. The first-order valence-electron chi connectivity index (χ1n) is 5.11. The van der Waals surface area contributed by atoms with E-state index in [4.69, 9.17) is 5.73 Å². The lowest BCUT2D eigenvalue weighted by Gasteiger charge is -2.06. The van der Waals surface area contributed by atoms with Gasteiger partial charge >= 0.3 is 0 Å². The summed E-state index contributed by atoms with van der Waals surface area (Å²) in [5, 5.41) is 8.28. The monoisotopic (exact) mass is 321 g/mol. The summed E-state index contributed by atoms with van der Waals surface area (Å²) in [6.45, 7) is 0. The number of fused-ring (bicyclic) bond motifs is 1. The van der Waals surface area contributed by atoms with Gasteiger partial charge in [-0.3, -0.25) is 10.1 Å². The third-order valence-electron chi connectivity index (χ3n) is 2.41. The van der Waals surface area contributed by atoms with Crippen molar-refractivity contribution in [3.63, 3.8) is 0 Å². The highest BCUT2D eigenvalue weighted by Gasteiger charge is 2.09. The number of rotatable bonds is 2. The Labute approximate surface area is 115 Å². The summed E-state index contributed by atoms with van der Waals surface area (Å²) in [6, 6.07) is 5.77. The third-order valence-corrected chi connectivity index (χ3v) is 3.79. The topological polar surface area (TPSA) is 80.5 Å². The summed E-state index contributed by atoms with van der Waals surface area (Å²) >= 11 is 4.87. The van der Waals surface area contributed by atoms with Crippen molar-refractivity contribution in [3.05, 3.63) is 35.2 Å². The molecule has 0 spiro atoms. The van der Waals surface area contributed by atoms with E-state index in [0.717, 1.165) is 25.4 Å². The van der Waals surface area contributed by atoms with E-state index in [0.29, 0.717) is 5.69 Å². The predicted octanol–water partition coefficient (Wildman–Crippen LogP) is 2.85. The minimum Gasteiger partial charge on any atom is -0.398 e. The Kier molecular flexibility index (Phi) is 2.92. The molecule has 0 radical (unpaired) electrons. The van der Waals surface area contributed by atoms with Gasteiger partial charge in [0.2, 0.25) is 0 Å². The predicted molar refractivity (Wildman–Crippen MR) is 74.4 cm³/mol.